The smallest absolute Gasteiger partial charge is 0.233 e. The number of carbonyl (C=O) groups is 1. The number of imidazole rings is 1. The molecule has 1 aliphatic heterocycles. The lowest BCUT2D eigenvalue weighted by molar-refractivity contribution is -0.128. The van der Waals surface area contributed by atoms with Crippen LogP contribution in [-0.4, -0.2) is 52.3 Å². The van der Waals surface area contributed by atoms with E-state index in [1.165, 1.54) is 28.6 Å². The van der Waals surface area contributed by atoms with Crippen LogP contribution in [0.5, 0.6) is 0 Å². The Kier molecular flexibility index (Phi) is 5.14. The molecule has 1 aromatic carbocycles. The summed E-state index contributed by atoms with van der Waals surface area (Å²) in [5.41, 5.74) is 3.95. The number of nitrogens with zero attached hydrogens (tertiary/aromatic N) is 4. The maximum atomic E-state index is 12.4. The SMILES string of the molecule is Cc1cccc(N2CCN(C(=O)CSc3nccn3C)CC2)c1C. The molecule has 0 spiro atoms. The van der Waals surface area contributed by atoms with Gasteiger partial charge in [0.15, 0.2) is 5.16 Å². The second-order valence-corrected chi connectivity index (χ2v) is 7.14. The van der Waals surface area contributed by atoms with E-state index in [0.717, 1.165) is 31.3 Å². The summed E-state index contributed by atoms with van der Waals surface area (Å²) in [6, 6.07) is 6.43. The molecule has 1 aliphatic rings. The summed E-state index contributed by atoms with van der Waals surface area (Å²) in [6.45, 7) is 7.67. The van der Waals surface area contributed by atoms with E-state index in [9.17, 15) is 4.79 Å². The van der Waals surface area contributed by atoms with Crippen LogP contribution in [0.1, 0.15) is 11.1 Å². The van der Waals surface area contributed by atoms with Crippen LogP contribution in [0.25, 0.3) is 0 Å². The van der Waals surface area contributed by atoms with Gasteiger partial charge < -0.3 is 14.4 Å². The average Bonchev–Trinajstić information content (AvgIpc) is 3.00. The van der Waals surface area contributed by atoms with Crippen molar-refractivity contribution < 1.29 is 4.79 Å². The molecule has 0 N–H and O–H groups in total. The fourth-order valence-electron chi connectivity index (χ4n) is 2.98. The van der Waals surface area contributed by atoms with Crippen LogP contribution in [0.2, 0.25) is 0 Å². The monoisotopic (exact) mass is 344 g/mol. The zero-order valence-corrected chi connectivity index (χ0v) is 15.3. The Morgan fingerprint density at radius 1 is 1.21 bits per heavy atom. The first-order valence-electron chi connectivity index (χ1n) is 8.25. The van der Waals surface area contributed by atoms with Crippen LogP contribution in [0.15, 0.2) is 35.7 Å². The maximum absolute atomic E-state index is 12.4. The quantitative estimate of drug-likeness (QED) is 0.799. The molecule has 1 saturated heterocycles. The second-order valence-electron chi connectivity index (χ2n) is 6.20. The number of aryl methyl sites for hydroxylation is 2. The molecule has 2 heterocycles. The van der Waals surface area contributed by atoms with E-state index < -0.39 is 0 Å². The highest BCUT2D eigenvalue weighted by atomic mass is 32.2. The Hall–Kier alpha value is -1.95. The normalized spacial score (nSPS) is 15.0. The fraction of sp³-hybridized carbons (Fsp3) is 0.444. The third kappa shape index (κ3) is 3.59. The molecule has 24 heavy (non-hydrogen) atoms. The molecule has 5 nitrogen and oxygen atoms in total. The average molecular weight is 344 g/mol. The Morgan fingerprint density at radius 3 is 2.62 bits per heavy atom. The summed E-state index contributed by atoms with van der Waals surface area (Å²) in [6.07, 6.45) is 3.66. The van der Waals surface area contributed by atoms with Gasteiger partial charge in [0.05, 0.1) is 5.75 Å². The third-order valence-corrected chi connectivity index (χ3v) is 5.69. The molecule has 1 aromatic heterocycles. The van der Waals surface area contributed by atoms with Crippen molar-refractivity contribution in [3.63, 3.8) is 0 Å². The van der Waals surface area contributed by atoms with Crippen LogP contribution < -0.4 is 4.90 Å². The number of benzene rings is 1. The van der Waals surface area contributed by atoms with Gasteiger partial charge in [-0.1, -0.05) is 23.9 Å². The highest BCUT2D eigenvalue weighted by molar-refractivity contribution is 7.99. The van der Waals surface area contributed by atoms with Gasteiger partial charge in [0.1, 0.15) is 0 Å². The highest BCUT2D eigenvalue weighted by Gasteiger charge is 2.22. The minimum atomic E-state index is 0.198. The van der Waals surface area contributed by atoms with Crippen LogP contribution in [0.4, 0.5) is 5.69 Å². The molecular weight excluding hydrogens is 320 g/mol. The van der Waals surface area contributed by atoms with E-state index >= 15 is 0 Å². The zero-order valence-electron chi connectivity index (χ0n) is 14.5. The van der Waals surface area contributed by atoms with Crippen molar-refractivity contribution in [3.8, 4) is 0 Å². The molecule has 1 fully saturated rings. The maximum Gasteiger partial charge on any atom is 0.233 e. The number of aromatic nitrogens is 2. The fourth-order valence-corrected chi connectivity index (χ4v) is 3.82. The predicted molar refractivity (Wildman–Crippen MR) is 98.6 cm³/mol. The lowest BCUT2D eigenvalue weighted by Gasteiger charge is -2.37. The van der Waals surface area contributed by atoms with Gasteiger partial charge in [-0.2, -0.15) is 0 Å². The van der Waals surface area contributed by atoms with E-state index in [-0.39, 0.29) is 5.91 Å². The molecule has 0 bridgehead atoms. The number of hydrogen-bond acceptors (Lipinski definition) is 4. The number of piperazine rings is 1. The molecule has 0 radical (unpaired) electrons. The predicted octanol–water partition coefficient (Wildman–Crippen LogP) is 2.48. The zero-order chi connectivity index (χ0) is 17.1. The summed E-state index contributed by atoms with van der Waals surface area (Å²) in [5, 5.41) is 0.886. The van der Waals surface area contributed by atoms with E-state index in [1.807, 2.05) is 22.7 Å². The molecule has 128 valence electrons. The number of carbonyl (C=O) groups excluding carboxylic acids is 1. The standard InChI is InChI=1S/C18H24N4OS/c1-14-5-4-6-16(15(14)2)21-9-11-22(12-10-21)17(23)13-24-18-19-7-8-20(18)3/h4-8H,9-13H2,1-3H3. The molecule has 0 aliphatic carbocycles. The van der Waals surface area contributed by atoms with Crippen LogP contribution in [-0.2, 0) is 11.8 Å². The molecule has 6 heteroatoms. The first-order valence-corrected chi connectivity index (χ1v) is 9.24. The Morgan fingerprint density at radius 2 is 1.96 bits per heavy atom. The first-order chi connectivity index (χ1) is 11.6. The first kappa shape index (κ1) is 16.9. The van der Waals surface area contributed by atoms with Gasteiger partial charge in [-0.3, -0.25) is 4.79 Å². The number of hydrogen-bond donors (Lipinski definition) is 0. The van der Waals surface area contributed by atoms with Crippen molar-refractivity contribution in [3.05, 3.63) is 41.7 Å². The van der Waals surface area contributed by atoms with Crippen molar-refractivity contribution in [2.45, 2.75) is 19.0 Å². The van der Waals surface area contributed by atoms with Crippen molar-refractivity contribution >= 4 is 23.4 Å². The Balaban J connectivity index is 1.54. The van der Waals surface area contributed by atoms with Crippen LogP contribution >= 0.6 is 11.8 Å². The van der Waals surface area contributed by atoms with Crippen molar-refractivity contribution in [1.82, 2.24) is 14.5 Å². The lowest BCUT2D eigenvalue weighted by Crippen LogP contribution is -2.49. The molecular formula is C18H24N4OS. The number of anilines is 1. The number of rotatable bonds is 4. The summed E-state index contributed by atoms with van der Waals surface area (Å²) in [4.78, 5) is 21.0. The number of thioether (sulfide) groups is 1. The van der Waals surface area contributed by atoms with E-state index in [1.54, 1.807) is 6.20 Å². The van der Waals surface area contributed by atoms with E-state index in [4.69, 9.17) is 0 Å². The summed E-state index contributed by atoms with van der Waals surface area (Å²) >= 11 is 1.50. The minimum absolute atomic E-state index is 0.198. The highest BCUT2D eigenvalue weighted by Crippen LogP contribution is 2.24. The summed E-state index contributed by atoms with van der Waals surface area (Å²) in [5.74, 6) is 0.650. The molecule has 0 unspecified atom stereocenters. The number of amides is 1. The van der Waals surface area contributed by atoms with Crippen molar-refractivity contribution in [2.75, 3.05) is 36.8 Å². The van der Waals surface area contributed by atoms with E-state index in [0.29, 0.717) is 5.75 Å². The minimum Gasteiger partial charge on any atom is -0.368 e. The summed E-state index contributed by atoms with van der Waals surface area (Å²) in [7, 11) is 1.95. The largest absolute Gasteiger partial charge is 0.368 e. The lowest BCUT2D eigenvalue weighted by atomic mass is 10.1. The van der Waals surface area contributed by atoms with Gasteiger partial charge in [0.25, 0.3) is 0 Å². The van der Waals surface area contributed by atoms with Crippen molar-refractivity contribution in [2.24, 2.45) is 7.05 Å². The molecule has 1 amide bonds. The molecule has 3 rings (SSSR count). The third-order valence-electron chi connectivity index (χ3n) is 4.65. The van der Waals surface area contributed by atoms with Gasteiger partial charge in [-0.25, -0.2) is 4.98 Å². The topological polar surface area (TPSA) is 41.4 Å². The molecule has 2 aromatic rings. The van der Waals surface area contributed by atoms with Crippen LogP contribution in [0, 0.1) is 13.8 Å². The summed E-state index contributed by atoms with van der Waals surface area (Å²) < 4.78 is 1.94. The van der Waals surface area contributed by atoms with Crippen molar-refractivity contribution in [1.29, 1.82) is 0 Å². The van der Waals surface area contributed by atoms with Gasteiger partial charge in [0, 0.05) is 51.3 Å². The molecule has 0 saturated carbocycles. The second kappa shape index (κ2) is 7.30. The molecule has 0 atom stereocenters. The van der Waals surface area contributed by atoms with Gasteiger partial charge in [-0.15, -0.1) is 0 Å². The van der Waals surface area contributed by atoms with E-state index in [2.05, 4.69) is 41.9 Å². The van der Waals surface area contributed by atoms with Gasteiger partial charge in [0.2, 0.25) is 5.91 Å². The van der Waals surface area contributed by atoms with Gasteiger partial charge in [-0.05, 0) is 31.0 Å². The van der Waals surface area contributed by atoms with Gasteiger partial charge >= 0.3 is 0 Å². The Bertz CT molecular complexity index is 720. The Labute approximate surface area is 147 Å². The van der Waals surface area contributed by atoms with Crippen LogP contribution in [0.3, 0.4) is 0 Å².